The summed E-state index contributed by atoms with van der Waals surface area (Å²) in [5.74, 6) is 0.174. The van der Waals surface area contributed by atoms with Crippen molar-refractivity contribution >= 4 is 11.6 Å². The fourth-order valence-electron chi connectivity index (χ4n) is 3.71. The third-order valence-corrected chi connectivity index (χ3v) is 5.11. The number of β-amino-alcohol motifs (C(OH)–C–C–N with tert-alkyl or cyclic N) is 1. The van der Waals surface area contributed by atoms with Crippen LogP contribution in [-0.2, 0) is 23.4 Å². The van der Waals surface area contributed by atoms with Gasteiger partial charge in [0.2, 0.25) is 5.91 Å². The molecule has 2 N–H and O–H groups in total. The summed E-state index contributed by atoms with van der Waals surface area (Å²) in [5.41, 5.74) is 3.13. The van der Waals surface area contributed by atoms with E-state index in [1.54, 1.807) is 11.1 Å². The van der Waals surface area contributed by atoms with Crippen LogP contribution in [-0.4, -0.2) is 51.5 Å². The fraction of sp³-hybridized carbons (Fsp3) is 0.471. The number of anilines is 1. The van der Waals surface area contributed by atoms with Crippen molar-refractivity contribution in [3.63, 3.8) is 0 Å². The van der Waals surface area contributed by atoms with Crippen molar-refractivity contribution < 1.29 is 9.90 Å². The van der Waals surface area contributed by atoms with Crippen LogP contribution in [0, 0.1) is 0 Å². The van der Waals surface area contributed by atoms with Crippen molar-refractivity contribution in [1.29, 1.82) is 0 Å². The minimum atomic E-state index is -0.923. The molecule has 2 aliphatic rings. The first-order valence-electron chi connectivity index (χ1n) is 8.24. The molecule has 126 valence electrons. The van der Waals surface area contributed by atoms with Crippen molar-refractivity contribution in [3.05, 3.63) is 41.2 Å². The van der Waals surface area contributed by atoms with Gasteiger partial charge in [0.15, 0.2) is 0 Å². The predicted molar refractivity (Wildman–Crippen MR) is 88.3 cm³/mol. The minimum absolute atomic E-state index is 0.174. The molecule has 1 aromatic carbocycles. The van der Waals surface area contributed by atoms with Gasteiger partial charge < -0.3 is 10.0 Å². The van der Waals surface area contributed by atoms with Gasteiger partial charge in [-0.1, -0.05) is 12.1 Å². The number of aryl methyl sites for hydroxylation is 1. The number of hydrogen-bond donors (Lipinski definition) is 2. The zero-order chi connectivity index (χ0) is 16.7. The SMILES string of the molecule is CN1C(=O)CCc2cc(CN3CCC(O)(c4cn[nH]n4)C3)ccc21. The Morgan fingerprint density at radius 2 is 2.25 bits per heavy atom. The number of aromatic nitrogens is 3. The first-order valence-corrected chi connectivity index (χ1v) is 8.24. The van der Waals surface area contributed by atoms with Gasteiger partial charge in [0.05, 0.1) is 6.20 Å². The highest BCUT2D eigenvalue weighted by molar-refractivity contribution is 5.95. The van der Waals surface area contributed by atoms with Gasteiger partial charge in [-0.15, -0.1) is 0 Å². The van der Waals surface area contributed by atoms with Crippen LogP contribution in [0.1, 0.15) is 29.7 Å². The number of carbonyl (C=O) groups excluding carboxylic acids is 1. The molecular formula is C17H21N5O2. The molecule has 1 amide bonds. The number of amides is 1. The van der Waals surface area contributed by atoms with Gasteiger partial charge in [0, 0.05) is 38.8 Å². The molecule has 3 heterocycles. The Morgan fingerprint density at radius 1 is 1.38 bits per heavy atom. The Bertz CT molecular complexity index is 760. The van der Waals surface area contributed by atoms with Crippen molar-refractivity contribution in [1.82, 2.24) is 20.3 Å². The number of aliphatic hydroxyl groups is 1. The molecule has 1 unspecified atom stereocenters. The van der Waals surface area contributed by atoms with Crippen LogP contribution in [0.15, 0.2) is 24.4 Å². The normalized spacial score (nSPS) is 24.4. The number of benzene rings is 1. The van der Waals surface area contributed by atoms with Gasteiger partial charge in [-0.05, 0) is 30.0 Å². The smallest absolute Gasteiger partial charge is 0.227 e. The maximum Gasteiger partial charge on any atom is 0.227 e. The number of nitrogens with zero attached hydrogens (tertiary/aromatic N) is 4. The number of aromatic amines is 1. The van der Waals surface area contributed by atoms with Gasteiger partial charge >= 0.3 is 0 Å². The summed E-state index contributed by atoms with van der Waals surface area (Å²) in [5, 5.41) is 21.1. The van der Waals surface area contributed by atoms with E-state index >= 15 is 0 Å². The van der Waals surface area contributed by atoms with Crippen molar-refractivity contribution in [3.8, 4) is 0 Å². The number of fused-ring (bicyclic) bond motifs is 1. The first kappa shape index (κ1) is 15.3. The molecule has 0 bridgehead atoms. The third kappa shape index (κ3) is 2.59. The van der Waals surface area contributed by atoms with Gasteiger partial charge in [0.25, 0.3) is 0 Å². The van der Waals surface area contributed by atoms with E-state index in [1.165, 1.54) is 11.1 Å². The molecule has 0 spiro atoms. The standard InChI is InChI=1S/C17H21N5O2/c1-21-14-4-2-12(8-13(14)3-5-16(21)23)10-22-7-6-17(24,11-22)15-9-18-20-19-15/h2,4,8-9,24H,3,5-7,10-11H2,1H3,(H,18,19,20). The van der Waals surface area contributed by atoms with Crippen molar-refractivity contribution in [2.75, 3.05) is 25.0 Å². The summed E-state index contributed by atoms with van der Waals surface area (Å²) in [6.07, 6.45) is 3.62. The van der Waals surface area contributed by atoms with E-state index in [0.717, 1.165) is 25.2 Å². The van der Waals surface area contributed by atoms with Crippen molar-refractivity contribution in [2.24, 2.45) is 0 Å². The average molecular weight is 327 g/mol. The van der Waals surface area contributed by atoms with E-state index in [1.807, 2.05) is 13.1 Å². The van der Waals surface area contributed by atoms with Crippen LogP contribution in [0.5, 0.6) is 0 Å². The van der Waals surface area contributed by atoms with Crippen LogP contribution >= 0.6 is 0 Å². The molecule has 1 saturated heterocycles. The zero-order valence-corrected chi connectivity index (χ0v) is 13.7. The van der Waals surface area contributed by atoms with Gasteiger partial charge in [-0.3, -0.25) is 9.69 Å². The van der Waals surface area contributed by atoms with E-state index in [2.05, 4.69) is 32.4 Å². The molecule has 1 fully saturated rings. The lowest BCUT2D eigenvalue weighted by Crippen LogP contribution is -2.32. The molecule has 0 radical (unpaired) electrons. The Kier molecular flexibility index (Phi) is 3.62. The van der Waals surface area contributed by atoms with Crippen LogP contribution < -0.4 is 4.90 Å². The molecule has 7 heteroatoms. The van der Waals surface area contributed by atoms with E-state index in [0.29, 0.717) is 25.1 Å². The second kappa shape index (κ2) is 5.68. The lowest BCUT2D eigenvalue weighted by atomic mass is 9.99. The predicted octanol–water partition coefficient (Wildman–Crippen LogP) is 0.807. The first-order chi connectivity index (χ1) is 11.5. The minimum Gasteiger partial charge on any atom is -0.382 e. The molecule has 7 nitrogen and oxygen atoms in total. The summed E-state index contributed by atoms with van der Waals surface area (Å²) in [4.78, 5) is 15.7. The maximum atomic E-state index is 11.8. The number of likely N-dealkylation sites (tertiary alicyclic amines) is 1. The zero-order valence-electron chi connectivity index (χ0n) is 13.7. The fourth-order valence-corrected chi connectivity index (χ4v) is 3.71. The monoisotopic (exact) mass is 327 g/mol. The quantitative estimate of drug-likeness (QED) is 0.871. The van der Waals surface area contributed by atoms with E-state index < -0.39 is 5.60 Å². The Morgan fingerprint density at radius 3 is 3.04 bits per heavy atom. The molecule has 2 aliphatic heterocycles. The average Bonchev–Trinajstić information content (AvgIpc) is 3.22. The second-order valence-electron chi connectivity index (χ2n) is 6.76. The lowest BCUT2D eigenvalue weighted by Gasteiger charge is -2.27. The second-order valence-corrected chi connectivity index (χ2v) is 6.76. The Balaban J connectivity index is 1.48. The highest BCUT2D eigenvalue weighted by Gasteiger charge is 2.39. The highest BCUT2D eigenvalue weighted by atomic mass is 16.3. The highest BCUT2D eigenvalue weighted by Crippen LogP contribution is 2.32. The number of carbonyl (C=O) groups is 1. The van der Waals surface area contributed by atoms with Crippen LogP contribution in [0.25, 0.3) is 0 Å². The van der Waals surface area contributed by atoms with Gasteiger partial charge in [-0.25, -0.2) is 0 Å². The van der Waals surface area contributed by atoms with E-state index in [4.69, 9.17) is 0 Å². The Hall–Kier alpha value is -2.25. The summed E-state index contributed by atoms with van der Waals surface area (Å²) >= 11 is 0. The molecule has 4 rings (SSSR count). The van der Waals surface area contributed by atoms with Crippen LogP contribution in [0.3, 0.4) is 0 Å². The summed E-state index contributed by atoms with van der Waals surface area (Å²) in [6, 6.07) is 6.29. The number of nitrogens with one attached hydrogen (secondary N) is 1. The summed E-state index contributed by atoms with van der Waals surface area (Å²) in [6.45, 7) is 2.15. The Labute approximate surface area is 140 Å². The molecule has 1 aromatic heterocycles. The topological polar surface area (TPSA) is 85.4 Å². The molecule has 0 aliphatic carbocycles. The molecule has 24 heavy (non-hydrogen) atoms. The van der Waals surface area contributed by atoms with Crippen LogP contribution in [0.2, 0.25) is 0 Å². The lowest BCUT2D eigenvalue weighted by molar-refractivity contribution is -0.118. The molecular weight excluding hydrogens is 306 g/mol. The third-order valence-electron chi connectivity index (χ3n) is 5.11. The number of hydrogen-bond acceptors (Lipinski definition) is 5. The van der Waals surface area contributed by atoms with E-state index in [9.17, 15) is 9.90 Å². The molecule has 2 aromatic rings. The number of rotatable bonds is 3. The maximum absolute atomic E-state index is 11.8. The van der Waals surface area contributed by atoms with E-state index in [-0.39, 0.29) is 5.91 Å². The molecule has 1 atom stereocenters. The molecule has 0 saturated carbocycles. The number of H-pyrrole nitrogens is 1. The van der Waals surface area contributed by atoms with Crippen LogP contribution in [0.4, 0.5) is 5.69 Å². The summed E-state index contributed by atoms with van der Waals surface area (Å²) in [7, 11) is 1.83. The van der Waals surface area contributed by atoms with Gasteiger partial charge in [0.1, 0.15) is 11.3 Å². The van der Waals surface area contributed by atoms with Gasteiger partial charge in [-0.2, -0.15) is 15.4 Å². The summed E-state index contributed by atoms with van der Waals surface area (Å²) < 4.78 is 0. The van der Waals surface area contributed by atoms with Crippen molar-refractivity contribution in [2.45, 2.75) is 31.4 Å². The largest absolute Gasteiger partial charge is 0.382 e.